The molecule has 2 aromatic heterocycles. The highest BCUT2D eigenvalue weighted by Crippen LogP contribution is 2.40. The number of carbonyl (C=O) groups is 1. The molecule has 3 heterocycles. The summed E-state index contributed by atoms with van der Waals surface area (Å²) in [5, 5.41) is 12.4. The summed E-state index contributed by atoms with van der Waals surface area (Å²) in [6.45, 7) is 2.39. The number of carbonyl (C=O) groups excluding carboxylic acids is 1. The fourth-order valence-corrected chi connectivity index (χ4v) is 4.17. The van der Waals surface area contributed by atoms with Gasteiger partial charge in [0.25, 0.3) is 0 Å². The number of ether oxygens (including phenoxy) is 2. The maximum atomic E-state index is 11.2. The Morgan fingerprint density at radius 3 is 2.81 bits per heavy atom. The van der Waals surface area contributed by atoms with Crippen molar-refractivity contribution in [3.8, 4) is 23.8 Å². The van der Waals surface area contributed by atoms with E-state index in [9.17, 15) is 4.79 Å². The van der Waals surface area contributed by atoms with Gasteiger partial charge < -0.3 is 25.1 Å². The zero-order valence-electron chi connectivity index (χ0n) is 17.0. The molecule has 11 nitrogen and oxygen atoms in total. The van der Waals surface area contributed by atoms with Gasteiger partial charge in [-0.15, -0.1) is 6.42 Å². The first-order chi connectivity index (χ1) is 15.6. The second-order valence-corrected chi connectivity index (χ2v) is 7.76. The van der Waals surface area contributed by atoms with Gasteiger partial charge in [0.15, 0.2) is 33.6 Å². The predicted octanol–water partition coefficient (Wildman–Crippen LogP) is 0.797. The van der Waals surface area contributed by atoms with Crippen LogP contribution in [0.15, 0.2) is 28.5 Å². The van der Waals surface area contributed by atoms with E-state index in [1.54, 1.807) is 11.5 Å². The van der Waals surface area contributed by atoms with E-state index in [2.05, 4.69) is 26.2 Å². The normalized spacial score (nSPS) is 12.5. The summed E-state index contributed by atoms with van der Waals surface area (Å²) < 4.78 is 13.2. The SMILES string of the molecule is C#Cc1cc2c(cc1Sc1nc3c(N)ncnc3n1CCNCCC(=O)NO)OCCO2. The Morgan fingerprint density at radius 1 is 1.28 bits per heavy atom. The molecular weight excluding hydrogens is 434 g/mol. The van der Waals surface area contributed by atoms with Crippen molar-refractivity contribution < 1.29 is 19.5 Å². The largest absolute Gasteiger partial charge is 0.486 e. The van der Waals surface area contributed by atoms with Crippen LogP contribution in [0.5, 0.6) is 11.5 Å². The molecule has 1 aliphatic heterocycles. The number of benzene rings is 1. The number of amides is 1. The topological polar surface area (TPSA) is 149 Å². The number of hydroxylamine groups is 1. The molecule has 5 N–H and O–H groups in total. The van der Waals surface area contributed by atoms with E-state index in [-0.39, 0.29) is 12.2 Å². The third-order valence-corrected chi connectivity index (χ3v) is 5.74. The number of anilines is 1. The van der Waals surface area contributed by atoms with E-state index >= 15 is 0 Å². The van der Waals surface area contributed by atoms with Gasteiger partial charge >= 0.3 is 0 Å². The summed E-state index contributed by atoms with van der Waals surface area (Å²) in [5.41, 5.74) is 9.36. The number of fused-ring (bicyclic) bond motifs is 2. The second kappa shape index (κ2) is 9.73. The lowest BCUT2D eigenvalue weighted by molar-refractivity contribution is -0.129. The number of nitrogens with one attached hydrogen (secondary N) is 2. The van der Waals surface area contributed by atoms with E-state index in [4.69, 9.17) is 26.8 Å². The number of aromatic nitrogens is 4. The lowest BCUT2D eigenvalue weighted by Gasteiger charge is -2.20. The van der Waals surface area contributed by atoms with Gasteiger partial charge in [0.2, 0.25) is 5.91 Å². The van der Waals surface area contributed by atoms with Crippen molar-refractivity contribution in [1.29, 1.82) is 0 Å². The van der Waals surface area contributed by atoms with Crippen LogP contribution in [0.2, 0.25) is 0 Å². The van der Waals surface area contributed by atoms with Crippen LogP contribution in [0.3, 0.4) is 0 Å². The van der Waals surface area contributed by atoms with Crippen molar-refractivity contribution in [1.82, 2.24) is 30.3 Å². The molecule has 0 spiro atoms. The molecule has 0 saturated heterocycles. The fourth-order valence-electron chi connectivity index (χ4n) is 3.15. The van der Waals surface area contributed by atoms with Crippen molar-refractivity contribution in [2.45, 2.75) is 23.0 Å². The monoisotopic (exact) mass is 455 g/mol. The third kappa shape index (κ3) is 4.54. The maximum absolute atomic E-state index is 11.2. The zero-order chi connectivity index (χ0) is 22.5. The van der Waals surface area contributed by atoms with E-state index in [0.717, 1.165) is 4.90 Å². The Morgan fingerprint density at radius 2 is 2.06 bits per heavy atom. The molecule has 166 valence electrons. The Labute approximate surface area is 187 Å². The maximum Gasteiger partial charge on any atom is 0.244 e. The van der Waals surface area contributed by atoms with Crippen LogP contribution in [-0.4, -0.2) is 56.9 Å². The summed E-state index contributed by atoms with van der Waals surface area (Å²) in [6.07, 6.45) is 7.28. The van der Waals surface area contributed by atoms with Crippen molar-refractivity contribution in [3.05, 3.63) is 24.0 Å². The number of hydrogen-bond donors (Lipinski definition) is 4. The molecule has 1 amide bonds. The van der Waals surface area contributed by atoms with Gasteiger partial charge in [-0.05, 0) is 6.07 Å². The summed E-state index contributed by atoms with van der Waals surface area (Å²) in [6, 6.07) is 3.63. The van der Waals surface area contributed by atoms with Gasteiger partial charge in [0.05, 0.1) is 0 Å². The molecular formula is C20H21N7O4S. The van der Waals surface area contributed by atoms with Crippen LogP contribution >= 0.6 is 11.8 Å². The minimum Gasteiger partial charge on any atom is -0.486 e. The number of nitrogen functional groups attached to an aromatic ring is 1. The highest BCUT2D eigenvalue weighted by atomic mass is 32.2. The smallest absolute Gasteiger partial charge is 0.244 e. The van der Waals surface area contributed by atoms with E-state index in [1.807, 2.05) is 10.6 Å². The van der Waals surface area contributed by atoms with Crippen LogP contribution < -0.4 is 26.0 Å². The number of rotatable bonds is 8. The molecule has 0 aliphatic carbocycles. The molecule has 4 rings (SSSR count). The quantitative estimate of drug-likeness (QED) is 0.166. The van der Waals surface area contributed by atoms with E-state index in [1.165, 1.54) is 18.1 Å². The minimum atomic E-state index is -0.456. The highest BCUT2D eigenvalue weighted by Gasteiger charge is 2.20. The zero-order valence-corrected chi connectivity index (χ0v) is 17.8. The first kappa shape index (κ1) is 21.7. The summed E-state index contributed by atoms with van der Waals surface area (Å²) in [5.74, 6) is 3.76. The molecule has 3 aromatic rings. The second-order valence-electron chi connectivity index (χ2n) is 6.75. The number of nitrogens with two attached hydrogens (primary N) is 1. The van der Waals surface area contributed by atoms with Gasteiger partial charge in [-0.1, -0.05) is 17.7 Å². The predicted molar refractivity (Wildman–Crippen MR) is 117 cm³/mol. The first-order valence-electron chi connectivity index (χ1n) is 9.79. The van der Waals surface area contributed by atoms with Crippen LogP contribution in [0.25, 0.3) is 11.2 Å². The van der Waals surface area contributed by atoms with Crippen LogP contribution in [0.4, 0.5) is 5.82 Å². The van der Waals surface area contributed by atoms with Crippen LogP contribution in [0, 0.1) is 12.3 Å². The minimum absolute atomic E-state index is 0.153. The summed E-state index contributed by atoms with van der Waals surface area (Å²) in [4.78, 5) is 25.0. The molecule has 32 heavy (non-hydrogen) atoms. The average molecular weight is 456 g/mol. The van der Waals surface area contributed by atoms with Crippen molar-refractivity contribution >= 4 is 34.7 Å². The summed E-state index contributed by atoms with van der Waals surface area (Å²) in [7, 11) is 0. The van der Waals surface area contributed by atoms with Crippen molar-refractivity contribution in [3.63, 3.8) is 0 Å². The Bertz CT molecular complexity index is 1190. The molecule has 0 unspecified atom stereocenters. The van der Waals surface area contributed by atoms with Crippen molar-refractivity contribution in [2.24, 2.45) is 0 Å². The molecule has 0 fully saturated rings. The van der Waals surface area contributed by atoms with Gasteiger partial charge in [0, 0.05) is 42.6 Å². The fraction of sp³-hybridized carbons (Fsp3) is 0.300. The lowest BCUT2D eigenvalue weighted by atomic mass is 10.2. The van der Waals surface area contributed by atoms with Crippen LogP contribution in [-0.2, 0) is 11.3 Å². The van der Waals surface area contributed by atoms with Gasteiger partial charge in [-0.25, -0.2) is 20.4 Å². The van der Waals surface area contributed by atoms with Gasteiger partial charge in [-0.3, -0.25) is 10.0 Å². The van der Waals surface area contributed by atoms with Crippen LogP contribution in [0.1, 0.15) is 12.0 Å². The molecule has 0 atom stereocenters. The summed E-state index contributed by atoms with van der Waals surface area (Å²) >= 11 is 1.37. The Balaban J connectivity index is 1.61. The lowest BCUT2D eigenvalue weighted by Crippen LogP contribution is -2.27. The van der Waals surface area contributed by atoms with Crippen molar-refractivity contribution in [2.75, 3.05) is 32.0 Å². The average Bonchev–Trinajstić information content (AvgIpc) is 3.16. The Hall–Kier alpha value is -3.53. The molecule has 0 saturated carbocycles. The van der Waals surface area contributed by atoms with Gasteiger partial charge in [-0.2, -0.15) is 0 Å². The molecule has 1 aromatic carbocycles. The first-order valence-corrected chi connectivity index (χ1v) is 10.6. The standard InChI is InChI=1S/C20H21N7O4S/c1-2-12-9-13-14(31-8-7-30-13)10-15(12)32-20-25-17-18(21)23-11-24-19(17)27(20)6-5-22-4-3-16(28)26-29/h1,9-11,22,29H,3-8H2,(H,26,28)(H2,21,23,24). The molecule has 12 heteroatoms. The molecule has 0 radical (unpaired) electrons. The van der Waals surface area contributed by atoms with E-state index in [0.29, 0.717) is 66.2 Å². The third-order valence-electron chi connectivity index (χ3n) is 4.69. The number of hydrogen-bond acceptors (Lipinski definition) is 10. The molecule has 1 aliphatic rings. The van der Waals surface area contributed by atoms with E-state index < -0.39 is 5.91 Å². The Kier molecular flexibility index (Phi) is 6.60. The number of terminal acetylenes is 1. The van der Waals surface area contributed by atoms with Gasteiger partial charge in [0.1, 0.15) is 19.5 Å². The highest BCUT2D eigenvalue weighted by molar-refractivity contribution is 7.99. The molecule has 0 bridgehead atoms. The number of imidazole rings is 1. The number of nitrogens with zero attached hydrogens (tertiary/aromatic N) is 4.